The number of para-hydroxylation sites is 1. The van der Waals surface area contributed by atoms with Crippen molar-refractivity contribution in [3.8, 4) is 0 Å². The van der Waals surface area contributed by atoms with Gasteiger partial charge in [0.25, 0.3) is 11.5 Å². The molecule has 0 aliphatic carbocycles. The zero-order valence-corrected chi connectivity index (χ0v) is 17.7. The molecule has 0 unspecified atom stereocenters. The van der Waals surface area contributed by atoms with E-state index in [-0.39, 0.29) is 17.4 Å². The van der Waals surface area contributed by atoms with Crippen LogP contribution in [0.5, 0.6) is 0 Å². The van der Waals surface area contributed by atoms with Crippen molar-refractivity contribution >= 4 is 45.2 Å². The van der Waals surface area contributed by atoms with Crippen LogP contribution in [0.4, 0.5) is 0 Å². The summed E-state index contributed by atoms with van der Waals surface area (Å²) in [7, 11) is 0. The third kappa shape index (κ3) is 2.98. The molecule has 9 heteroatoms. The largest absolute Gasteiger partial charge is 0.440 e. The van der Waals surface area contributed by atoms with Gasteiger partial charge in [-0.2, -0.15) is 5.10 Å². The van der Waals surface area contributed by atoms with Crippen LogP contribution in [0.3, 0.4) is 0 Å². The number of hydrogen-bond acceptors (Lipinski definition) is 5. The van der Waals surface area contributed by atoms with Crippen molar-refractivity contribution in [2.24, 2.45) is 0 Å². The number of halogens is 1. The fraction of sp³-hybridized carbons (Fsp3) is 0.217. The van der Waals surface area contributed by atoms with Gasteiger partial charge in [0.15, 0.2) is 11.5 Å². The number of rotatable bonds is 2. The van der Waals surface area contributed by atoms with Crippen LogP contribution in [0.25, 0.3) is 27.6 Å². The van der Waals surface area contributed by atoms with E-state index >= 15 is 0 Å². The molecule has 8 nitrogen and oxygen atoms in total. The van der Waals surface area contributed by atoms with Gasteiger partial charge in [-0.25, -0.2) is 9.50 Å². The van der Waals surface area contributed by atoms with Crippen molar-refractivity contribution in [1.29, 1.82) is 0 Å². The number of H-pyrrole nitrogens is 1. The summed E-state index contributed by atoms with van der Waals surface area (Å²) in [5.41, 5.74) is 2.69. The molecule has 1 amide bonds. The minimum absolute atomic E-state index is 0.137. The van der Waals surface area contributed by atoms with E-state index < -0.39 is 0 Å². The number of carbonyl (C=O) groups is 1. The van der Waals surface area contributed by atoms with Crippen molar-refractivity contribution in [2.75, 3.05) is 13.1 Å². The molecule has 0 radical (unpaired) electrons. The van der Waals surface area contributed by atoms with Gasteiger partial charge < -0.3 is 14.3 Å². The van der Waals surface area contributed by atoms with Crippen LogP contribution < -0.4 is 5.56 Å². The fourth-order valence-electron chi connectivity index (χ4n) is 4.43. The molecule has 0 spiro atoms. The zero-order chi connectivity index (χ0) is 21.8. The first-order valence-electron chi connectivity index (χ1n) is 10.4. The van der Waals surface area contributed by atoms with Gasteiger partial charge in [0.1, 0.15) is 16.7 Å². The third-order valence-corrected chi connectivity index (χ3v) is 6.34. The number of aromatic amines is 1. The molecule has 1 N–H and O–H groups in total. The number of nitrogens with zero attached hydrogens (tertiary/aromatic N) is 4. The molecule has 160 valence electrons. The zero-order valence-electron chi connectivity index (χ0n) is 16.9. The number of likely N-dealkylation sites (tertiary alicyclic amines) is 1. The van der Waals surface area contributed by atoms with Gasteiger partial charge in [-0.05, 0) is 43.2 Å². The van der Waals surface area contributed by atoms with E-state index in [1.807, 2.05) is 18.2 Å². The van der Waals surface area contributed by atoms with E-state index in [9.17, 15) is 9.59 Å². The Balaban J connectivity index is 1.25. The van der Waals surface area contributed by atoms with E-state index in [1.54, 1.807) is 33.7 Å². The van der Waals surface area contributed by atoms with Crippen LogP contribution in [-0.4, -0.2) is 43.5 Å². The lowest BCUT2D eigenvalue weighted by Gasteiger charge is -2.30. The minimum atomic E-state index is -0.238. The first-order valence-corrected chi connectivity index (χ1v) is 10.8. The number of nitrogens with one attached hydrogen (secondary N) is 1. The molecule has 2 aromatic carbocycles. The molecular formula is C23H18ClN5O3. The number of fused-ring (bicyclic) bond motifs is 4. The van der Waals surface area contributed by atoms with Gasteiger partial charge in [0, 0.05) is 24.0 Å². The number of carbonyl (C=O) groups excluding carboxylic acids is 1. The maximum Gasteiger partial charge on any atom is 0.259 e. The summed E-state index contributed by atoms with van der Waals surface area (Å²) in [5.74, 6) is 0.674. The lowest BCUT2D eigenvalue weighted by Crippen LogP contribution is -2.38. The van der Waals surface area contributed by atoms with E-state index in [2.05, 4.69) is 15.1 Å². The number of piperidine rings is 1. The van der Waals surface area contributed by atoms with Crippen molar-refractivity contribution in [2.45, 2.75) is 18.8 Å². The molecule has 0 saturated carbocycles. The van der Waals surface area contributed by atoms with Crippen molar-refractivity contribution in [1.82, 2.24) is 24.5 Å². The number of oxazole rings is 1. The van der Waals surface area contributed by atoms with Gasteiger partial charge >= 0.3 is 0 Å². The molecule has 5 aromatic rings. The van der Waals surface area contributed by atoms with Crippen LogP contribution >= 0.6 is 11.6 Å². The molecule has 1 aliphatic rings. The first kappa shape index (κ1) is 19.1. The predicted molar refractivity (Wildman–Crippen MR) is 120 cm³/mol. The number of amides is 1. The van der Waals surface area contributed by atoms with Crippen LogP contribution in [0.1, 0.15) is 35.0 Å². The molecule has 32 heavy (non-hydrogen) atoms. The Hall–Kier alpha value is -3.65. The lowest BCUT2D eigenvalue weighted by atomic mass is 9.96. The Morgan fingerprint density at radius 1 is 1.16 bits per heavy atom. The maximum atomic E-state index is 13.2. The summed E-state index contributed by atoms with van der Waals surface area (Å²) in [6.45, 7) is 1.14. The highest BCUT2D eigenvalue weighted by Crippen LogP contribution is 2.31. The average Bonchev–Trinajstić information content (AvgIpc) is 3.43. The highest BCUT2D eigenvalue weighted by Gasteiger charge is 2.29. The van der Waals surface area contributed by atoms with Crippen LogP contribution in [0.15, 0.2) is 57.9 Å². The van der Waals surface area contributed by atoms with Crippen molar-refractivity contribution in [3.63, 3.8) is 0 Å². The van der Waals surface area contributed by atoms with Crippen LogP contribution in [-0.2, 0) is 0 Å². The Kier molecular flexibility index (Phi) is 4.29. The summed E-state index contributed by atoms with van der Waals surface area (Å²) in [6, 6.07) is 12.6. The minimum Gasteiger partial charge on any atom is -0.440 e. The summed E-state index contributed by atoms with van der Waals surface area (Å²) in [6.07, 6.45) is 3.01. The molecule has 1 fully saturated rings. The van der Waals surface area contributed by atoms with Crippen LogP contribution in [0.2, 0.25) is 5.02 Å². The van der Waals surface area contributed by atoms with Gasteiger partial charge in [-0.3, -0.25) is 9.59 Å². The molecule has 1 aliphatic heterocycles. The second-order valence-electron chi connectivity index (χ2n) is 8.02. The number of benzene rings is 2. The van der Waals surface area contributed by atoms with E-state index in [0.717, 1.165) is 18.4 Å². The fourth-order valence-corrected chi connectivity index (χ4v) is 4.59. The molecule has 3 aromatic heterocycles. The predicted octanol–water partition coefficient (Wildman–Crippen LogP) is 3.99. The molecule has 0 bridgehead atoms. The van der Waals surface area contributed by atoms with Crippen LogP contribution in [0, 0.1) is 0 Å². The normalized spacial score (nSPS) is 15.2. The molecule has 0 atom stereocenters. The van der Waals surface area contributed by atoms with Gasteiger partial charge in [0.05, 0.1) is 17.1 Å². The van der Waals surface area contributed by atoms with E-state index in [0.29, 0.717) is 51.7 Å². The number of aromatic nitrogens is 4. The van der Waals surface area contributed by atoms with Gasteiger partial charge in [-0.1, -0.05) is 23.7 Å². The summed E-state index contributed by atoms with van der Waals surface area (Å²) in [5, 5.41) is 5.51. The summed E-state index contributed by atoms with van der Waals surface area (Å²) < 4.78 is 7.53. The van der Waals surface area contributed by atoms with Gasteiger partial charge in [-0.15, -0.1) is 0 Å². The van der Waals surface area contributed by atoms with Crippen molar-refractivity contribution < 1.29 is 9.21 Å². The van der Waals surface area contributed by atoms with E-state index in [1.165, 1.54) is 6.20 Å². The average molecular weight is 448 g/mol. The second kappa shape index (κ2) is 7.20. The summed E-state index contributed by atoms with van der Waals surface area (Å²) in [4.78, 5) is 34.9. The highest BCUT2D eigenvalue weighted by molar-refractivity contribution is 6.31. The lowest BCUT2D eigenvalue weighted by molar-refractivity contribution is 0.0708. The molecular weight excluding hydrogens is 430 g/mol. The monoisotopic (exact) mass is 447 g/mol. The number of hydrogen-bond donors (Lipinski definition) is 1. The Bertz CT molecular complexity index is 1560. The van der Waals surface area contributed by atoms with E-state index in [4.69, 9.17) is 16.0 Å². The standard InChI is InChI=1S/C23H18ClN5O3/c24-14-5-6-19-17(11-14)26-22(32-19)13-7-9-28(10-8-13)23(31)16-12-25-29-18-4-2-1-3-15(18)21(30)27-20(16)29/h1-6,11-13H,7-10H2,(H,27,30). The van der Waals surface area contributed by atoms with Crippen molar-refractivity contribution in [3.05, 3.63) is 75.5 Å². The Morgan fingerprint density at radius 3 is 2.81 bits per heavy atom. The third-order valence-electron chi connectivity index (χ3n) is 6.11. The molecule has 1 saturated heterocycles. The second-order valence-corrected chi connectivity index (χ2v) is 8.46. The Labute approximate surface area is 186 Å². The highest BCUT2D eigenvalue weighted by atomic mass is 35.5. The topological polar surface area (TPSA) is 96.5 Å². The maximum absolute atomic E-state index is 13.2. The quantitative estimate of drug-likeness (QED) is 0.441. The van der Waals surface area contributed by atoms with Gasteiger partial charge in [0.2, 0.25) is 0 Å². The molecule has 6 rings (SSSR count). The smallest absolute Gasteiger partial charge is 0.259 e. The first-order chi connectivity index (χ1) is 15.6. The molecule has 4 heterocycles. The summed E-state index contributed by atoms with van der Waals surface area (Å²) >= 11 is 6.05. The Morgan fingerprint density at radius 2 is 1.97 bits per heavy atom. The SMILES string of the molecule is O=C(c1cnn2c1[nH]c(=O)c1ccccc12)N1CCC(c2nc3cc(Cl)ccc3o2)CC1.